The van der Waals surface area contributed by atoms with Crippen molar-refractivity contribution in [3.05, 3.63) is 83.4 Å². The van der Waals surface area contributed by atoms with E-state index in [0.29, 0.717) is 0 Å². The third kappa shape index (κ3) is 4.63. The van der Waals surface area contributed by atoms with Gasteiger partial charge in [-0.1, -0.05) is 120 Å². The minimum absolute atomic E-state index is 0.0883. The number of fused-ring (bicyclic) bond motifs is 3. The van der Waals surface area contributed by atoms with Gasteiger partial charge in [-0.15, -0.1) is 0 Å². The lowest BCUT2D eigenvalue weighted by Gasteiger charge is -2.33. The van der Waals surface area contributed by atoms with Gasteiger partial charge in [0, 0.05) is 5.41 Å². The highest BCUT2D eigenvalue weighted by Crippen LogP contribution is 2.55. The van der Waals surface area contributed by atoms with Crippen LogP contribution in [0.2, 0.25) is 0 Å². The van der Waals surface area contributed by atoms with Crippen molar-refractivity contribution in [3.63, 3.8) is 0 Å². The highest BCUT2D eigenvalue weighted by Gasteiger charge is 2.42. The molecule has 1 aliphatic rings. The minimum atomic E-state index is 0.0883. The Morgan fingerprint density at radius 1 is 0.636 bits per heavy atom. The van der Waals surface area contributed by atoms with Gasteiger partial charge in [0.25, 0.3) is 0 Å². The van der Waals surface area contributed by atoms with E-state index in [9.17, 15) is 5.26 Å². The molecule has 0 saturated heterocycles. The molecule has 0 heterocycles. The number of rotatable bonds is 11. The van der Waals surface area contributed by atoms with Gasteiger partial charge in [0.15, 0.2) is 0 Å². The number of nitrogens with zero attached hydrogens (tertiary/aromatic N) is 1. The molecule has 0 N–H and O–H groups in total. The maximum Gasteiger partial charge on any atom is 0.0998 e. The van der Waals surface area contributed by atoms with Gasteiger partial charge in [0.05, 0.1) is 11.6 Å². The van der Waals surface area contributed by atoms with Crippen molar-refractivity contribution in [2.75, 3.05) is 0 Å². The lowest BCUT2D eigenvalue weighted by atomic mass is 9.70. The van der Waals surface area contributed by atoms with Crippen LogP contribution in [0, 0.1) is 11.3 Å². The molecule has 1 nitrogen and oxygen atoms in total. The summed E-state index contributed by atoms with van der Waals surface area (Å²) < 4.78 is 0. The smallest absolute Gasteiger partial charge is 0.0998 e. The number of unbranched alkanes of at least 4 members (excludes halogenated alkanes) is 6. The van der Waals surface area contributed by atoms with Crippen molar-refractivity contribution in [1.82, 2.24) is 0 Å². The summed E-state index contributed by atoms with van der Waals surface area (Å²) >= 11 is 0. The zero-order valence-corrected chi connectivity index (χ0v) is 20.4. The second kappa shape index (κ2) is 10.8. The molecular formula is C32H37N. The molecule has 0 bridgehead atoms. The molecule has 0 aromatic heterocycles. The van der Waals surface area contributed by atoms with Gasteiger partial charge >= 0.3 is 0 Å². The molecule has 4 rings (SSSR count). The summed E-state index contributed by atoms with van der Waals surface area (Å²) in [5.41, 5.74) is 8.89. The van der Waals surface area contributed by atoms with Crippen LogP contribution in [0.5, 0.6) is 0 Å². The van der Waals surface area contributed by atoms with E-state index in [-0.39, 0.29) is 5.41 Å². The van der Waals surface area contributed by atoms with Crippen LogP contribution in [-0.2, 0) is 5.41 Å². The molecule has 0 spiro atoms. The topological polar surface area (TPSA) is 23.8 Å². The van der Waals surface area contributed by atoms with E-state index >= 15 is 0 Å². The number of benzene rings is 3. The van der Waals surface area contributed by atoms with Crippen LogP contribution in [0.15, 0.2) is 66.7 Å². The number of hydrogen-bond acceptors (Lipinski definition) is 1. The monoisotopic (exact) mass is 435 g/mol. The van der Waals surface area contributed by atoms with Gasteiger partial charge in [-0.05, 0) is 58.4 Å². The summed E-state index contributed by atoms with van der Waals surface area (Å²) in [6, 6.07) is 26.5. The van der Waals surface area contributed by atoms with Gasteiger partial charge in [-0.25, -0.2) is 0 Å². The van der Waals surface area contributed by atoms with Crippen molar-refractivity contribution in [1.29, 1.82) is 5.26 Å². The quantitative estimate of drug-likeness (QED) is 0.275. The van der Waals surface area contributed by atoms with Crippen LogP contribution in [0.1, 0.15) is 94.7 Å². The van der Waals surface area contributed by atoms with Crippen molar-refractivity contribution in [3.8, 4) is 28.3 Å². The molecule has 3 aromatic carbocycles. The first-order valence-electron chi connectivity index (χ1n) is 13.0. The molecule has 3 aromatic rings. The Bertz CT molecular complexity index is 1110. The predicted molar refractivity (Wildman–Crippen MR) is 140 cm³/mol. The predicted octanol–water partition coefficient (Wildman–Crippen LogP) is 9.43. The average Bonchev–Trinajstić information content (AvgIpc) is 3.14. The fourth-order valence-electron chi connectivity index (χ4n) is 5.83. The Hall–Kier alpha value is -2.85. The molecule has 0 saturated carbocycles. The van der Waals surface area contributed by atoms with Gasteiger partial charge < -0.3 is 0 Å². The Morgan fingerprint density at radius 2 is 1.24 bits per heavy atom. The lowest BCUT2D eigenvalue weighted by molar-refractivity contribution is 0.401. The second-order valence-electron chi connectivity index (χ2n) is 9.67. The van der Waals surface area contributed by atoms with Crippen LogP contribution < -0.4 is 0 Å². The molecule has 170 valence electrons. The molecule has 0 unspecified atom stereocenters. The summed E-state index contributed by atoms with van der Waals surface area (Å²) in [6.45, 7) is 4.58. The minimum Gasteiger partial charge on any atom is -0.192 e. The van der Waals surface area contributed by atoms with Crippen LogP contribution in [0.25, 0.3) is 22.3 Å². The van der Waals surface area contributed by atoms with Crippen molar-refractivity contribution < 1.29 is 0 Å². The third-order valence-electron chi connectivity index (χ3n) is 7.54. The Kier molecular flexibility index (Phi) is 7.66. The molecule has 1 aliphatic carbocycles. The Morgan fingerprint density at radius 3 is 1.91 bits per heavy atom. The first-order chi connectivity index (χ1) is 16.2. The standard InChI is InChI=1S/C32H37N/c1-3-5-7-13-21-32(22-14-8-6-4-2)30-18-12-11-17-28(30)29-20-19-25(23-31(29)32)27-16-10-9-15-26(27)24-33/h9-12,15-20,23H,3-8,13-14,21-22H2,1-2H3. The molecule has 33 heavy (non-hydrogen) atoms. The number of hydrogen-bond donors (Lipinski definition) is 0. The molecular weight excluding hydrogens is 398 g/mol. The van der Waals surface area contributed by atoms with E-state index in [2.05, 4.69) is 68.4 Å². The van der Waals surface area contributed by atoms with Crippen LogP contribution in [0.3, 0.4) is 0 Å². The summed E-state index contributed by atoms with van der Waals surface area (Å²) in [6.07, 6.45) is 12.8. The Balaban J connectivity index is 1.82. The molecule has 0 atom stereocenters. The van der Waals surface area contributed by atoms with Crippen molar-refractivity contribution in [2.24, 2.45) is 0 Å². The van der Waals surface area contributed by atoms with E-state index in [4.69, 9.17) is 0 Å². The zero-order valence-electron chi connectivity index (χ0n) is 20.4. The van der Waals surface area contributed by atoms with Crippen LogP contribution in [0.4, 0.5) is 0 Å². The van der Waals surface area contributed by atoms with Gasteiger partial charge in [0.2, 0.25) is 0 Å². The average molecular weight is 436 g/mol. The highest BCUT2D eigenvalue weighted by atomic mass is 14.4. The molecule has 0 aliphatic heterocycles. The zero-order chi connectivity index (χ0) is 23.1. The first-order valence-corrected chi connectivity index (χ1v) is 13.0. The maximum absolute atomic E-state index is 9.70. The fourth-order valence-corrected chi connectivity index (χ4v) is 5.83. The third-order valence-corrected chi connectivity index (χ3v) is 7.54. The summed E-state index contributed by atoms with van der Waals surface area (Å²) in [5, 5.41) is 9.70. The largest absolute Gasteiger partial charge is 0.192 e. The van der Waals surface area contributed by atoms with E-state index in [1.165, 1.54) is 92.0 Å². The van der Waals surface area contributed by atoms with E-state index in [1.54, 1.807) is 0 Å². The highest BCUT2D eigenvalue weighted by molar-refractivity contribution is 5.84. The lowest BCUT2D eigenvalue weighted by Crippen LogP contribution is -2.25. The normalized spacial score (nSPS) is 13.4. The van der Waals surface area contributed by atoms with E-state index in [1.807, 2.05) is 18.2 Å². The molecule has 1 heteroatoms. The fraction of sp³-hybridized carbons (Fsp3) is 0.406. The summed E-state index contributed by atoms with van der Waals surface area (Å²) in [5.74, 6) is 0. The van der Waals surface area contributed by atoms with Crippen LogP contribution >= 0.6 is 0 Å². The van der Waals surface area contributed by atoms with Gasteiger partial charge in [-0.3, -0.25) is 0 Å². The molecule has 0 amide bonds. The van der Waals surface area contributed by atoms with Crippen LogP contribution in [-0.4, -0.2) is 0 Å². The van der Waals surface area contributed by atoms with Gasteiger partial charge in [-0.2, -0.15) is 5.26 Å². The van der Waals surface area contributed by atoms with E-state index in [0.717, 1.165) is 11.1 Å². The van der Waals surface area contributed by atoms with Gasteiger partial charge in [0.1, 0.15) is 0 Å². The molecule has 0 fully saturated rings. The van der Waals surface area contributed by atoms with E-state index < -0.39 is 0 Å². The summed E-state index contributed by atoms with van der Waals surface area (Å²) in [7, 11) is 0. The molecule has 0 radical (unpaired) electrons. The maximum atomic E-state index is 9.70. The van der Waals surface area contributed by atoms with Crippen molar-refractivity contribution in [2.45, 2.75) is 83.5 Å². The van der Waals surface area contributed by atoms with Crippen molar-refractivity contribution >= 4 is 0 Å². The first kappa shape index (κ1) is 23.3. The Labute approximate surface area is 200 Å². The summed E-state index contributed by atoms with van der Waals surface area (Å²) in [4.78, 5) is 0. The second-order valence-corrected chi connectivity index (χ2v) is 9.67. The SMILES string of the molecule is CCCCCCC1(CCCCCC)c2ccccc2-c2ccc(-c3ccccc3C#N)cc21. The number of nitriles is 1.